The molecule has 0 aromatic carbocycles. The van der Waals surface area contributed by atoms with Crippen LogP contribution in [-0.2, 0) is 0 Å². The van der Waals surface area contributed by atoms with E-state index in [9.17, 15) is 4.79 Å². The summed E-state index contributed by atoms with van der Waals surface area (Å²) in [6.07, 6.45) is 8.64. The maximum Gasteiger partial charge on any atom is 0.352 e. The molecule has 16 heavy (non-hydrogen) atoms. The van der Waals surface area contributed by atoms with Gasteiger partial charge in [0.1, 0.15) is 5.69 Å². The standard InChI is InChI=1S/C12H17NO2S/c1-16-10-6-4-9(5-7-10)13-8-2-3-11(13)12(14)15/h2-3,8-10H,4-7H2,1H3,(H,14,15). The first-order valence-electron chi connectivity index (χ1n) is 5.65. The van der Waals surface area contributed by atoms with E-state index in [1.54, 1.807) is 6.07 Å². The Morgan fingerprint density at radius 3 is 2.69 bits per heavy atom. The number of aromatic carboxylic acids is 1. The SMILES string of the molecule is CSC1CCC(n2cccc2C(=O)O)CC1. The number of hydrogen-bond acceptors (Lipinski definition) is 2. The molecular weight excluding hydrogens is 222 g/mol. The summed E-state index contributed by atoms with van der Waals surface area (Å²) in [5, 5.41) is 9.82. The van der Waals surface area contributed by atoms with E-state index < -0.39 is 5.97 Å². The van der Waals surface area contributed by atoms with Gasteiger partial charge in [-0.2, -0.15) is 11.8 Å². The third-order valence-electron chi connectivity index (χ3n) is 3.37. The van der Waals surface area contributed by atoms with Crippen LogP contribution in [0.25, 0.3) is 0 Å². The maximum atomic E-state index is 11.0. The van der Waals surface area contributed by atoms with Gasteiger partial charge >= 0.3 is 5.97 Å². The van der Waals surface area contributed by atoms with Crippen LogP contribution in [-0.4, -0.2) is 27.1 Å². The summed E-state index contributed by atoms with van der Waals surface area (Å²) in [5.41, 5.74) is 0.424. The Balaban J connectivity index is 2.08. The molecule has 0 amide bonds. The normalized spacial score (nSPS) is 25.6. The molecule has 1 heterocycles. The lowest BCUT2D eigenvalue weighted by molar-refractivity contribution is 0.0681. The highest BCUT2D eigenvalue weighted by atomic mass is 32.2. The number of thioether (sulfide) groups is 1. The summed E-state index contributed by atoms with van der Waals surface area (Å²) >= 11 is 1.93. The van der Waals surface area contributed by atoms with Crippen molar-refractivity contribution in [1.29, 1.82) is 0 Å². The lowest BCUT2D eigenvalue weighted by atomic mass is 9.94. The topological polar surface area (TPSA) is 42.2 Å². The first kappa shape index (κ1) is 11.6. The van der Waals surface area contributed by atoms with Crippen molar-refractivity contribution < 1.29 is 9.90 Å². The van der Waals surface area contributed by atoms with E-state index in [-0.39, 0.29) is 0 Å². The van der Waals surface area contributed by atoms with Crippen molar-refractivity contribution in [3.63, 3.8) is 0 Å². The first-order chi connectivity index (χ1) is 7.72. The van der Waals surface area contributed by atoms with Crippen LogP contribution in [0.2, 0.25) is 0 Å². The fourth-order valence-electron chi connectivity index (χ4n) is 2.45. The van der Waals surface area contributed by atoms with Crippen LogP contribution in [0.4, 0.5) is 0 Å². The van der Waals surface area contributed by atoms with E-state index in [1.807, 2.05) is 28.6 Å². The van der Waals surface area contributed by atoms with E-state index in [4.69, 9.17) is 5.11 Å². The number of rotatable bonds is 3. The fraction of sp³-hybridized carbons (Fsp3) is 0.583. The second kappa shape index (κ2) is 4.95. The molecule has 0 atom stereocenters. The highest BCUT2D eigenvalue weighted by molar-refractivity contribution is 7.99. The van der Waals surface area contributed by atoms with Gasteiger partial charge in [0.25, 0.3) is 0 Å². The molecule has 1 aromatic rings. The van der Waals surface area contributed by atoms with Gasteiger partial charge in [-0.1, -0.05) is 0 Å². The van der Waals surface area contributed by atoms with Gasteiger partial charge in [0.2, 0.25) is 0 Å². The zero-order valence-electron chi connectivity index (χ0n) is 9.43. The number of carbonyl (C=O) groups is 1. The van der Waals surface area contributed by atoms with Gasteiger partial charge in [-0.15, -0.1) is 0 Å². The van der Waals surface area contributed by atoms with Gasteiger partial charge in [-0.05, 0) is 44.1 Å². The molecule has 1 fully saturated rings. The van der Waals surface area contributed by atoms with Crippen LogP contribution in [0.5, 0.6) is 0 Å². The minimum atomic E-state index is -0.822. The molecule has 1 aliphatic carbocycles. The van der Waals surface area contributed by atoms with Gasteiger partial charge in [-0.25, -0.2) is 4.79 Å². The van der Waals surface area contributed by atoms with E-state index >= 15 is 0 Å². The van der Waals surface area contributed by atoms with Gasteiger partial charge in [-0.3, -0.25) is 0 Å². The molecule has 0 unspecified atom stereocenters. The van der Waals surface area contributed by atoms with Crippen LogP contribution >= 0.6 is 11.8 Å². The van der Waals surface area contributed by atoms with Gasteiger partial charge in [0.05, 0.1) is 0 Å². The van der Waals surface area contributed by atoms with Crippen LogP contribution in [0, 0.1) is 0 Å². The molecule has 2 rings (SSSR count). The van der Waals surface area contributed by atoms with Crippen LogP contribution in [0.1, 0.15) is 42.2 Å². The molecule has 0 radical (unpaired) electrons. The zero-order valence-corrected chi connectivity index (χ0v) is 10.2. The van der Waals surface area contributed by atoms with Crippen molar-refractivity contribution in [1.82, 2.24) is 4.57 Å². The largest absolute Gasteiger partial charge is 0.477 e. The predicted octanol–water partition coefficient (Wildman–Crippen LogP) is 3.03. The smallest absolute Gasteiger partial charge is 0.352 e. The molecule has 1 N–H and O–H groups in total. The lowest BCUT2D eigenvalue weighted by Crippen LogP contribution is -2.21. The summed E-state index contributed by atoms with van der Waals surface area (Å²) in [6.45, 7) is 0. The van der Waals surface area contributed by atoms with Crippen molar-refractivity contribution >= 4 is 17.7 Å². The molecule has 4 heteroatoms. The Morgan fingerprint density at radius 1 is 1.44 bits per heavy atom. The molecule has 1 saturated carbocycles. The van der Waals surface area contributed by atoms with Crippen LogP contribution in [0.15, 0.2) is 18.3 Å². The fourth-order valence-corrected chi connectivity index (χ4v) is 3.20. The number of hydrogen-bond donors (Lipinski definition) is 1. The highest BCUT2D eigenvalue weighted by Crippen LogP contribution is 2.34. The van der Waals surface area contributed by atoms with Crippen LogP contribution < -0.4 is 0 Å². The summed E-state index contributed by atoms with van der Waals surface area (Å²) in [5.74, 6) is -0.822. The molecule has 1 aromatic heterocycles. The Morgan fingerprint density at radius 2 is 2.12 bits per heavy atom. The molecule has 0 saturated heterocycles. The molecule has 88 valence electrons. The van der Waals surface area contributed by atoms with Crippen molar-refractivity contribution in [2.24, 2.45) is 0 Å². The van der Waals surface area contributed by atoms with Crippen molar-refractivity contribution in [3.05, 3.63) is 24.0 Å². The van der Waals surface area contributed by atoms with Crippen molar-refractivity contribution in [2.75, 3.05) is 6.26 Å². The quantitative estimate of drug-likeness (QED) is 0.881. The number of nitrogens with zero attached hydrogens (tertiary/aromatic N) is 1. The first-order valence-corrected chi connectivity index (χ1v) is 6.94. The lowest BCUT2D eigenvalue weighted by Gasteiger charge is -2.29. The van der Waals surface area contributed by atoms with E-state index in [0.717, 1.165) is 18.1 Å². The molecular formula is C12H17NO2S. The molecule has 0 bridgehead atoms. The molecule has 0 spiro atoms. The monoisotopic (exact) mass is 239 g/mol. The summed E-state index contributed by atoms with van der Waals surface area (Å²) in [7, 11) is 0. The van der Waals surface area contributed by atoms with Crippen LogP contribution in [0.3, 0.4) is 0 Å². The minimum Gasteiger partial charge on any atom is -0.477 e. The molecule has 3 nitrogen and oxygen atoms in total. The summed E-state index contributed by atoms with van der Waals surface area (Å²) in [4.78, 5) is 11.0. The minimum absolute atomic E-state index is 0.379. The Bertz CT molecular complexity index is 367. The predicted molar refractivity (Wildman–Crippen MR) is 66.2 cm³/mol. The maximum absolute atomic E-state index is 11.0. The summed E-state index contributed by atoms with van der Waals surface area (Å²) in [6, 6.07) is 3.89. The average Bonchev–Trinajstić information content (AvgIpc) is 2.78. The van der Waals surface area contributed by atoms with Gasteiger partial charge in [0, 0.05) is 17.5 Å². The van der Waals surface area contributed by atoms with Gasteiger partial charge in [0.15, 0.2) is 0 Å². The van der Waals surface area contributed by atoms with E-state index in [1.165, 1.54) is 12.8 Å². The van der Waals surface area contributed by atoms with Gasteiger partial charge < -0.3 is 9.67 Å². The highest BCUT2D eigenvalue weighted by Gasteiger charge is 2.23. The zero-order chi connectivity index (χ0) is 11.5. The third-order valence-corrected chi connectivity index (χ3v) is 4.51. The number of carboxylic acids is 1. The van der Waals surface area contributed by atoms with E-state index in [0.29, 0.717) is 11.7 Å². The molecule has 1 aliphatic rings. The van der Waals surface area contributed by atoms with E-state index in [2.05, 4.69) is 6.26 Å². The molecule has 0 aliphatic heterocycles. The van der Waals surface area contributed by atoms with Crippen molar-refractivity contribution in [2.45, 2.75) is 37.0 Å². The Hall–Kier alpha value is -0.900. The Labute approximate surface area is 99.8 Å². The third kappa shape index (κ3) is 2.26. The summed E-state index contributed by atoms with van der Waals surface area (Å²) < 4.78 is 1.93. The second-order valence-electron chi connectivity index (χ2n) is 4.27. The average molecular weight is 239 g/mol. The number of aromatic nitrogens is 1. The van der Waals surface area contributed by atoms with Crippen molar-refractivity contribution in [3.8, 4) is 0 Å². The second-order valence-corrected chi connectivity index (χ2v) is 5.41. The number of carboxylic acid groups (broad SMARTS) is 1. The Kier molecular flexibility index (Phi) is 3.59.